The molecule has 2 fully saturated rings. The van der Waals surface area contributed by atoms with Crippen LogP contribution in [0.25, 0.3) is 33.0 Å². The summed E-state index contributed by atoms with van der Waals surface area (Å²) in [6.07, 6.45) is 4.25. The number of rotatable bonds is 18. The predicted molar refractivity (Wildman–Crippen MR) is 280 cm³/mol. The summed E-state index contributed by atoms with van der Waals surface area (Å²) < 4.78 is 27.3. The molecule has 10 rings (SSSR count). The zero-order chi connectivity index (χ0) is 51.1. The SMILES string of the molecule is CCc1cccc(-c2cnc(C(=O)NCCOCCN(CC(=O)N3CCN(C(=O)c4cc(Cc5n[nH]c(=O)c6ccccc56)ccc4F)CC3)C(=O)OCC3c4ccccc4-c4ccccc43)c(NC3CC3)c2)c1. The Morgan fingerprint density at radius 3 is 2.24 bits per heavy atom. The third-order valence-corrected chi connectivity index (χ3v) is 14.0. The fourth-order valence-electron chi connectivity index (χ4n) is 9.79. The van der Waals surface area contributed by atoms with Crippen LogP contribution in [0, 0.1) is 5.82 Å². The van der Waals surface area contributed by atoms with Gasteiger partial charge >= 0.3 is 6.09 Å². The van der Waals surface area contributed by atoms with E-state index in [0.29, 0.717) is 39.5 Å². The second-order valence-electron chi connectivity index (χ2n) is 18.9. The van der Waals surface area contributed by atoms with Gasteiger partial charge in [0.1, 0.15) is 19.0 Å². The number of nitrogens with one attached hydrogen (secondary N) is 3. The van der Waals surface area contributed by atoms with Crippen LogP contribution in [-0.2, 0) is 27.1 Å². The summed E-state index contributed by atoms with van der Waals surface area (Å²) in [5.41, 5.74) is 9.21. The van der Waals surface area contributed by atoms with E-state index in [1.807, 2.05) is 60.7 Å². The van der Waals surface area contributed by atoms with E-state index in [2.05, 4.69) is 57.0 Å². The van der Waals surface area contributed by atoms with E-state index in [1.54, 1.807) is 35.4 Å². The number of anilines is 1. The lowest BCUT2D eigenvalue weighted by Crippen LogP contribution is -2.53. The molecule has 7 aromatic rings. The number of nitrogens with zero attached hydrogens (tertiary/aromatic N) is 5. The van der Waals surface area contributed by atoms with E-state index in [4.69, 9.17) is 9.47 Å². The summed E-state index contributed by atoms with van der Waals surface area (Å²) >= 11 is 0. The van der Waals surface area contributed by atoms with Gasteiger partial charge in [-0.2, -0.15) is 5.10 Å². The van der Waals surface area contributed by atoms with Crippen LogP contribution in [-0.4, -0.2) is 125 Å². The first kappa shape index (κ1) is 49.3. The van der Waals surface area contributed by atoms with Crippen molar-refractivity contribution in [1.82, 2.24) is 35.2 Å². The largest absolute Gasteiger partial charge is 0.448 e. The van der Waals surface area contributed by atoms with E-state index in [9.17, 15) is 24.0 Å². The topological polar surface area (TPSA) is 179 Å². The van der Waals surface area contributed by atoms with Gasteiger partial charge in [-0.1, -0.05) is 104 Å². The van der Waals surface area contributed by atoms with Crippen LogP contribution in [0.1, 0.15) is 74.5 Å². The normalized spacial score (nSPS) is 14.1. The van der Waals surface area contributed by atoms with Crippen LogP contribution < -0.4 is 16.2 Å². The molecule has 0 unspecified atom stereocenters. The Hall–Kier alpha value is -8.24. The number of hydrogen-bond donors (Lipinski definition) is 3. The van der Waals surface area contributed by atoms with Gasteiger partial charge in [0.2, 0.25) is 5.91 Å². The van der Waals surface area contributed by atoms with Gasteiger partial charge in [0.25, 0.3) is 17.4 Å². The molecule has 74 heavy (non-hydrogen) atoms. The average molecular weight is 997 g/mol. The standard InChI is InChI=1S/C58H57FN8O7/c1-2-37-10-9-11-39(30-37)40-33-52(62-41-19-20-41)54(61-34-40)56(70)60-22-28-73-29-27-67(58(72)74-36-49-44-14-5-3-12-42(44)43-13-4-6-15-45(43)49)35-53(68)65-23-25-66(26-24-65)57(71)48-31-38(18-21-50(48)59)32-51-46-16-7-8-17-47(46)55(69)64-63-51/h3-18,21,30-31,33-34,41,49,62H,2,19-20,22-29,32,35-36H2,1H3,(H,60,70)(H,64,69). The molecule has 0 atom stereocenters. The summed E-state index contributed by atoms with van der Waals surface area (Å²) in [7, 11) is 0. The molecule has 1 aliphatic heterocycles. The Kier molecular flexibility index (Phi) is 14.8. The number of carbonyl (C=O) groups is 4. The molecule has 0 radical (unpaired) electrons. The zero-order valence-corrected chi connectivity index (χ0v) is 41.2. The van der Waals surface area contributed by atoms with Crippen molar-refractivity contribution in [2.24, 2.45) is 0 Å². The molecule has 0 bridgehead atoms. The van der Waals surface area contributed by atoms with Crippen molar-refractivity contribution < 1.29 is 33.0 Å². The number of hydrogen-bond acceptors (Lipinski definition) is 10. The quantitative estimate of drug-likeness (QED) is 0.0718. The number of piperazine rings is 1. The number of pyridine rings is 1. The highest BCUT2D eigenvalue weighted by atomic mass is 19.1. The molecule has 3 aliphatic rings. The summed E-state index contributed by atoms with van der Waals surface area (Å²) in [6.45, 7) is 2.84. The van der Waals surface area contributed by atoms with Crippen LogP contribution in [0.3, 0.4) is 0 Å². The molecule has 3 heterocycles. The number of benzene rings is 5. The third kappa shape index (κ3) is 11.0. The summed E-state index contributed by atoms with van der Waals surface area (Å²) in [6, 6.07) is 38.1. The van der Waals surface area contributed by atoms with Crippen molar-refractivity contribution in [3.05, 3.63) is 183 Å². The lowest BCUT2D eigenvalue weighted by molar-refractivity contribution is -0.133. The monoisotopic (exact) mass is 996 g/mol. The fraction of sp³-hybridized carbons (Fsp3) is 0.293. The number of fused-ring (bicyclic) bond motifs is 4. The number of halogens is 1. The molecule has 0 spiro atoms. The summed E-state index contributed by atoms with van der Waals surface area (Å²) in [5.74, 6) is -2.07. The molecule has 2 aliphatic carbocycles. The van der Waals surface area contributed by atoms with Crippen LogP contribution in [0.4, 0.5) is 14.9 Å². The van der Waals surface area contributed by atoms with Gasteiger partial charge in [0.05, 0.1) is 35.5 Å². The Balaban J connectivity index is 0.761. The number of aromatic amines is 1. The molecule has 5 aromatic carbocycles. The minimum absolute atomic E-state index is 0.0203. The van der Waals surface area contributed by atoms with Gasteiger partial charge in [0.15, 0.2) is 5.69 Å². The van der Waals surface area contributed by atoms with Crippen molar-refractivity contribution >= 4 is 40.3 Å². The molecular weight excluding hydrogens is 940 g/mol. The smallest absolute Gasteiger partial charge is 0.410 e. The lowest BCUT2D eigenvalue weighted by Gasteiger charge is -2.36. The predicted octanol–water partition coefficient (Wildman–Crippen LogP) is 7.83. The highest BCUT2D eigenvalue weighted by Crippen LogP contribution is 2.44. The van der Waals surface area contributed by atoms with Gasteiger partial charge in [-0.3, -0.25) is 24.1 Å². The van der Waals surface area contributed by atoms with Gasteiger partial charge < -0.3 is 29.9 Å². The van der Waals surface area contributed by atoms with Gasteiger partial charge in [0, 0.05) is 74.8 Å². The number of carbonyl (C=O) groups excluding carboxylic acids is 4. The molecule has 3 N–H and O–H groups in total. The highest BCUT2D eigenvalue weighted by Gasteiger charge is 2.32. The number of ether oxygens (including phenoxy) is 2. The highest BCUT2D eigenvalue weighted by molar-refractivity contribution is 5.98. The maximum atomic E-state index is 15.3. The van der Waals surface area contributed by atoms with Crippen LogP contribution >= 0.6 is 0 Å². The first-order valence-corrected chi connectivity index (χ1v) is 25.3. The molecule has 16 heteroatoms. The van der Waals surface area contributed by atoms with Gasteiger partial charge in [-0.05, 0) is 82.5 Å². The Bertz CT molecular complexity index is 3250. The Labute approximate surface area is 427 Å². The van der Waals surface area contributed by atoms with E-state index < -0.39 is 17.8 Å². The summed E-state index contributed by atoms with van der Waals surface area (Å²) in [4.78, 5) is 76.7. The molecule has 2 aromatic heterocycles. The molecule has 15 nitrogen and oxygen atoms in total. The van der Waals surface area contributed by atoms with Gasteiger partial charge in [-0.25, -0.2) is 19.3 Å². The first-order valence-electron chi connectivity index (χ1n) is 25.3. The Morgan fingerprint density at radius 1 is 0.784 bits per heavy atom. The zero-order valence-electron chi connectivity index (χ0n) is 41.2. The first-order chi connectivity index (χ1) is 36.1. The van der Waals surface area contributed by atoms with Crippen LogP contribution in [0.2, 0.25) is 0 Å². The van der Waals surface area contributed by atoms with E-state index in [1.165, 1.54) is 27.5 Å². The average Bonchev–Trinajstić information content (AvgIpc) is 4.20. The lowest BCUT2D eigenvalue weighted by atomic mass is 9.98. The van der Waals surface area contributed by atoms with Crippen LogP contribution in [0.15, 0.2) is 132 Å². The minimum Gasteiger partial charge on any atom is -0.448 e. The van der Waals surface area contributed by atoms with Gasteiger partial charge in [-0.15, -0.1) is 0 Å². The molecule has 1 saturated heterocycles. The number of aromatic nitrogens is 3. The molecule has 4 amide bonds. The fourth-order valence-corrected chi connectivity index (χ4v) is 9.79. The van der Waals surface area contributed by atoms with E-state index >= 15 is 4.39 Å². The number of amides is 4. The molecule has 378 valence electrons. The summed E-state index contributed by atoms with van der Waals surface area (Å²) in [5, 5.41) is 14.3. The maximum absolute atomic E-state index is 15.3. The number of H-pyrrole nitrogens is 1. The third-order valence-electron chi connectivity index (χ3n) is 14.0. The van der Waals surface area contributed by atoms with E-state index in [0.717, 1.165) is 52.6 Å². The van der Waals surface area contributed by atoms with E-state index in [-0.39, 0.29) is 101 Å². The molecule has 1 saturated carbocycles. The molecular formula is C58H57FN8O7. The van der Waals surface area contributed by atoms with Crippen molar-refractivity contribution in [3.8, 4) is 22.3 Å². The van der Waals surface area contributed by atoms with Crippen molar-refractivity contribution in [3.63, 3.8) is 0 Å². The number of aryl methyl sites for hydroxylation is 1. The second-order valence-corrected chi connectivity index (χ2v) is 18.9. The Morgan fingerprint density at radius 2 is 1.50 bits per heavy atom. The van der Waals surface area contributed by atoms with Crippen molar-refractivity contribution in [2.75, 3.05) is 71.0 Å². The van der Waals surface area contributed by atoms with Crippen molar-refractivity contribution in [1.29, 1.82) is 0 Å². The maximum Gasteiger partial charge on any atom is 0.410 e. The minimum atomic E-state index is -0.682. The van der Waals surface area contributed by atoms with Crippen LogP contribution in [0.5, 0.6) is 0 Å². The van der Waals surface area contributed by atoms with Crippen molar-refractivity contribution in [2.45, 2.75) is 44.6 Å². The second kappa shape index (κ2) is 22.3.